The van der Waals surface area contributed by atoms with Gasteiger partial charge in [-0.25, -0.2) is 8.42 Å². The zero-order valence-electron chi connectivity index (χ0n) is 11.6. The molecule has 0 amide bonds. The molecule has 1 aliphatic heterocycles. The van der Waals surface area contributed by atoms with Gasteiger partial charge < -0.3 is 5.73 Å². The topological polar surface area (TPSA) is 63.4 Å². The van der Waals surface area contributed by atoms with Gasteiger partial charge in [-0.2, -0.15) is 4.31 Å². The van der Waals surface area contributed by atoms with E-state index in [0.29, 0.717) is 29.6 Å². The van der Waals surface area contributed by atoms with Crippen LogP contribution in [0, 0.1) is 5.92 Å². The minimum atomic E-state index is -3.39. The maximum Gasteiger partial charge on any atom is 0.243 e. The van der Waals surface area contributed by atoms with Crippen molar-refractivity contribution in [3.8, 4) is 0 Å². The highest BCUT2D eigenvalue weighted by molar-refractivity contribution is 7.89. The van der Waals surface area contributed by atoms with E-state index in [2.05, 4.69) is 6.92 Å². The fourth-order valence-electron chi connectivity index (χ4n) is 2.57. The van der Waals surface area contributed by atoms with E-state index >= 15 is 0 Å². The Balaban J connectivity index is 2.31. The van der Waals surface area contributed by atoms with Crippen molar-refractivity contribution < 1.29 is 8.42 Å². The third-order valence-electron chi connectivity index (χ3n) is 3.76. The van der Waals surface area contributed by atoms with Crippen molar-refractivity contribution in [2.75, 3.05) is 18.8 Å². The molecular formula is C14H22N2O2S. The highest BCUT2D eigenvalue weighted by atomic mass is 32.2. The van der Waals surface area contributed by atoms with Crippen LogP contribution in [0.5, 0.6) is 0 Å². The summed E-state index contributed by atoms with van der Waals surface area (Å²) in [6, 6.07) is 5.08. The summed E-state index contributed by atoms with van der Waals surface area (Å²) in [6.45, 7) is 5.32. The molecular weight excluding hydrogens is 260 g/mol. The summed E-state index contributed by atoms with van der Waals surface area (Å²) in [5.74, 6) is 0.427. The van der Waals surface area contributed by atoms with Crippen LogP contribution in [0.2, 0.25) is 0 Å². The molecule has 0 bridgehead atoms. The van der Waals surface area contributed by atoms with Crippen molar-refractivity contribution in [1.29, 1.82) is 0 Å². The summed E-state index contributed by atoms with van der Waals surface area (Å²) in [5.41, 5.74) is 7.46. The zero-order chi connectivity index (χ0) is 14.0. The Labute approximate surface area is 115 Å². The average molecular weight is 282 g/mol. The molecule has 1 aliphatic rings. The third-order valence-corrected chi connectivity index (χ3v) is 5.62. The molecule has 2 N–H and O–H groups in total. The van der Waals surface area contributed by atoms with Gasteiger partial charge in [-0.05, 0) is 42.9 Å². The second-order valence-electron chi connectivity index (χ2n) is 5.32. The molecule has 1 aromatic rings. The molecule has 1 aromatic carbocycles. The SMILES string of the molecule is CCc1ccc(S(=O)(=O)N2CCCC(C)C2)cc1N. The zero-order valence-corrected chi connectivity index (χ0v) is 12.4. The van der Waals surface area contributed by atoms with Crippen LogP contribution < -0.4 is 5.73 Å². The second-order valence-corrected chi connectivity index (χ2v) is 7.26. The summed E-state index contributed by atoms with van der Waals surface area (Å²) in [4.78, 5) is 0.316. The number of nitrogens with zero attached hydrogens (tertiary/aromatic N) is 1. The van der Waals surface area contributed by atoms with Gasteiger partial charge in [0.15, 0.2) is 0 Å². The largest absolute Gasteiger partial charge is 0.398 e. The van der Waals surface area contributed by atoms with E-state index in [4.69, 9.17) is 5.73 Å². The van der Waals surface area contributed by atoms with Crippen molar-refractivity contribution in [3.63, 3.8) is 0 Å². The fourth-order valence-corrected chi connectivity index (χ4v) is 4.20. The van der Waals surface area contributed by atoms with Crippen LogP contribution in [-0.4, -0.2) is 25.8 Å². The predicted molar refractivity (Wildman–Crippen MR) is 77.4 cm³/mol. The second kappa shape index (κ2) is 5.51. The minimum absolute atomic E-state index is 0.316. The summed E-state index contributed by atoms with van der Waals surface area (Å²) < 4.78 is 26.7. The predicted octanol–water partition coefficient (Wildman–Crippen LogP) is 2.25. The normalized spacial score (nSPS) is 21.5. The van der Waals surface area contributed by atoms with Gasteiger partial charge in [-0.3, -0.25) is 0 Å². The molecule has 0 aromatic heterocycles. The molecule has 1 fully saturated rings. The standard InChI is InChI=1S/C14H22N2O2S/c1-3-12-6-7-13(9-14(12)15)19(17,18)16-8-4-5-11(2)10-16/h6-7,9,11H,3-5,8,10,15H2,1-2H3. The number of rotatable bonds is 3. The summed E-state index contributed by atoms with van der Waals surface area (Å²) in [6.07, 6.45) is 2.85. The van der Waals surface area contributed by atoms with Gasteiger partial charge in [0.1, 0.15) is 0 Å². The van der Waals surface area contributed by atoms with Gasteiger partial charge in [0.2, 0.25) is 10.0 Å². The van der Waals surface area contributed by atoms with E-state index in [1.165, 1.54) is 0 Å². The molecule has 4 nitrogen and oxygen atoms in total. The lowest BCUT2D eigenvalue weighted by Gasteiger charge is -2.30. The number of aryl methyl sites for hydroxylation is 1. The molecule has 5 heteroatoms. The van der Waals surface area contributed by atoms with Crippen LogP contribution in [0.15, 0.2) is 23.1 Å². The smallest absolute Gasteiger partial charge is 0.243 e. The Hall–Kier alpha value is -1.07. The lowest BCUT2D eigenvalue weighted by molar-refractivity contribution is 0.281. The summed E-state index contributed by atoms with van der Waals surface area (Å²) in [5, 5.41) is 0. The Kier molecular flexibility index (Phi) is 4.16. The lowest BCUT2D eigenvalue weighted by atomic mass is 10.0. The van der Waals surface area contributed by atoms with E-state index in [9.17, 15) is 8.42 Å². The van der Waals surface area contributed by atoms with Gasteiger partial charge >= 0.3 is 0 Å². The van der Waals surface area contributed by atoms with Gasteiger partial charge in [0.05, 0.1) is 4.90 Å². The first-order chi connectivity index (χ1) is 8.95. The Bertz CT molecular complexity index is 555. The first-order valence-electron chi connectivity index (χ1n) is 6.83. The third kappa shape index (κ3) is 2.92. The number of nitrogens with two attached hydrogens (primary N) is 1. The molecule has 1 saturated heterocycles. The fraction of sp³-hybridized carbons (Fsp3) is 0.571. The Morgan fingerprint density at radius 1 is 1.42 bits per heavy atom. The lowest BCUT2D eigenvalue weighted by Crippen LogP contribution is -2.39. The molecule has 1 atom stereocenters. The van der Waals surface area contributed by atoms with E-state index in [0.717, 1.165) is 24.8 Å². The van der Waals surface area contributed by atoms with E-state index in [-0.39, 0.29) is 0 Å². The number of hydrogen-bond acceptors (Lipinski definition) is 3. The Morgan fingerprint density at radius 2 is 2.16 bits per heavy atom. The number of nitrogen functional groups attached to an aromatic ring is 1. The minimum Gasteiger partial charge on any atom is -0.398 e. The number of sulfonamides is 1. The Morgan fingerprint density at radius 3 is 2.74 bits per heavy atom. The van der Waals surface area contributed by atoms with E-state index in [1.54, 1.807) is 16.4 Å². The molecule has 0 saturated carbocycles. The molecule has 2 rings (SSSR count). The van der Waals surface area contributed by atoms with Crippen molar-refractivity contribution in [2.24, 2.45) is 5.92 Å². The highest BCUT2D eigenvalue weighted by Gasteiger charge is 2.28. The van der Waals surface area contributed by atoms with Gasteiger partial charge in [0.25, 0.3) is 0 Å². The molecule has 0 aliphatic carbocycles. The quantitative estimate of drug-likeness (QED) is 0.865. The first-order valence-corrected chi connectivity index (χ1v) is 8.27. The maximum atomic E-state index is 12.6. The van der Waals surface area contributed by atoms with E-state index < -0.39 is 10.0 Å². The number of hydrogen-bond donors (Lipinski definition) is 1. The van der Waals surface area contributed by atoms with Crippen LogP contribution in [-0.2, 0) is 16.4 Å². The van der Waals surface area contributed by atoms with Crippen molar-refractivity contribution in [1.82, 2.24) is 4.31 Å². The molecule has 1 unspecified atom stereocenters. The van der Waals surface area contributed by atoms with Crippen LogP contribution in [0.4, 0.5) is 5.69 Å². The van der Waals surface area contributed by atoms with Gasteiger partial charge in [-0.1, -0.05) is 19.9 Å². The van der Waals surface area contributed by atoms with Gasteiger partial charge in [-0.15, -0.1) is 0 Å². The number of piperidine rings is 1. The molecule has 0 radical (unpaired) electrons. The molecule has 0 spiro atoms. The molecule has 19 heavy (non-hydrogen) atoms. The molecule has 1 heterocycles. The van der Waals surface area contributed by atoms with Crippen molar-refractivity contribution in [3.05, 3.63) is 23.8 Å². The highest BCUT2D eigenvalue weighted by Crippen LogP contribution is 2.25. The van der Waals surface area contributed by atoms with Crippen LogP contribution >= 0.6 is 0 Å². The summed E-state index contributed by atoms with van der Waals surface area (Å²) in [7, 11) is -3.39. The van der Waals surface area contributed by atoms with Crippen LogP contribution in [0.1, 0.15) is 32.3 Å². The first kappa shape index (κ1) is 14.3. The van der Waals surface area contributed by atoms with E-state index in [1.807, 2.05) is 13.0 Å². The van der Waals surface area contributed by atoms with Crippen molar-refractivity contribution in [2.45, 2.75) is 38.0 Å². The number of anilines is 1. The maximum absolute atomic E-state index is 12.6. The van der Waals surface area contributed by atoms with Crippen molar-refractivity contribution >= 4 is 15.7 Å². The van der Waals surface area contributed by atoms with Crippen LogP contribution in [0.3, 0.4) is 0 Å². The molecule has 106 valence electrons. The van der Waals surface area contributed by atoms with Gasteiger partial charge in [0, 0.05) is 18.8 Å². The monoisotopic (exact) mass is 282 g/mol. The summed E-state index contributed by atoms with van der Waals surface area (Å²) >= 11 is 0. The number of benzene rings is 1. The average Bonchev–Trinajstić information content (AvgIpc) is 2.38. The van der Waals surface area contributed by atoms with Crippen LogP contribution in [0.25, 0.3) is 0 Å².